The summed E-state index contributed by atoms with van der Waals surface area (Å²) in [5.41, 5.74) is -0.774. The molecule has 0 aliphatic carbocycles. The maximum atomic E-state index is 10.7. The molecule has 1 aliphatic rings. The Bertz CT molecular complexity index is 404. The van der Waals surface area contributed by atoms with Crippen molar-refractivity contribution in [3.8, 4) is 0 Å². The lowest BCUT2D eigenvalue weighted by molar-refractivity contribution is -0.155. The number of rotatable bonds is 4. The van der Waals surface area contributed by atoms with Crippen molar-refractivity contribution in [2.75, 3.05) is 6.61 Å². The van der Waals surface area contributed by atoms with Crippen LogP contribution in [0.4, 0.5) is 0 Å². The molecule has 0 bridgehead atoms. The molecule has 1 fully saturated rings. The van der Waals surface area contributed by atoms with Crippen LogP contribution in [0.25, 0.3) is 0 Å². The standard InChI is InChI=1S/C14H24N2O2/c1-4-13(2)11-14(17,7-10-18-13)6-5-12-15-8-9-16(12)3/h8-9,17H,4-7,10-11H2,1-3H3. The molecule has 1 aliphatic heterocycles. The maximum absolute atomic E-state index is 10.7. The average molecular weight is 252 g/mol. The third kappa shape index (κ3) is 2.93. The summed E-state index contributed by atoms with van der Waals surface area (Å²) in [6, 6.07) is 0. The van der Waals surface area contributed by atoms with Gasteiger partial charge in [-0.05, 0) is 26.2 Å². The zero-order valence-corrected chi connectivity index (χ0v) is 11.6. The second-order valence-electron chi connectivity index (χ2n) is 5.76. The number of aryl methyl sites for hydroxylation is 2. The third-order valence-corrected chi connectivity index (χ3v) is 4.20. The van der Waals surface area contributed by atoms with Gasteiger partial charge in [0.1, 0.15) is 5.82 Å². The van der Waals surface area contributed by atoms with Crippen molar-refractivity contribution in [3.05, 3.63) is 18.2 Å². The number of nitrogens with zero attached hydrogens (tertiary/aromatic N) is 2. The van der Waals surface area contributed by atoms with Gasteiger partial charge in [-0.1, -0.05) is 6.92 Å². The van der Waals surface area contributed by atoms with E-state index in [1.54, 1.807) is 6.20 Å². The van der Waals surface area contributed by atoms with Gasteiger partial charge < -0.3 is 14.4 Å². The summed E-state index contributed by atoms with van der Waals surface area (Å²) in [4.78, 5) is 4.31. The summed E-state index contributed by atoms with van der Waals surface area (Å²) in [6.45, 7) is 4.86. The molecule has 4 nitrogen and oxygen atoms in total. The molecule has 1 saturated heterocycles. The molecule has 2 heterocycles. The Morgan fingerprint density at radius 2 is 2.33 bits per heavy atom. The lowest BCUT2D eigenvalue weighted by atomic mass is 9.79. The largest absolute Gasteiger partial charge is 0.390 e. The molecule has 0 radical (unpaired) electrons. The highest BCUT2D eigenvalue weighted by Gasteiger charge is 2.40. The fraction of sp³-hybridized carbons (Fsp3) is 0.786. The number of imidazole rings is 1. The third-order valence-electron chi connectivity index (χ3n) is 4.20. The van der Waals surface area contributed by atoms with Crippen LogP contribution < -0.4 is 0 Å². The summed E-state index contributed by atoms with van der Waals surface area (Å²) < 4.78 is 7.81. The van der Waals surface area contributed by atoms with Crippen molar-refractivity contribution < 1.29 is 9.84 Å². The molecule has 102 valence electrons. The predicted octanol–water partition coefficient (Wildman–Crippen LogP) is 2.06. The van der Waals surface area contributed by atoms with E-state index in [-0.39, 0.29) is 5.60 Å². The first-order valence-electron chi connectivity index (χ1n) is 6.79. The van der Waals surface area contributed by atoms with E-state index in [1.807, 2.05) is 17.8 Å². The van der Waals surface area contributed by atoms with Crippen LogP contribution in [0, 0.1) is 0 Å². The fourth-order valence-electron chi connectivity index (χ4n) is 2.75. The highest BCUT2D eigenvalue weighted by Crippen LogP contribution is 2.36. The number of ether oxygens (including phenoxy) is 1. The van der Waals surface area contributed by atoms with Crippen LogP contribution in [0.2, 0.25) is 0 Å². The molecule has 1 aromatic heterocycles. The van der Waals surface area contributed by atoms with Gasteiger partial charge in [-0.2, -0.15) is 0 Å². The molecule has 0 spiro atoms. The summed E-state index contributed by atoms with van der Waals surface area (Å²) in [5.74, 6) is 1.04. The van der Waals surface area contributed by atoms with Gasteiger partial charge in [0.25, 0.3) is 0 Å². The zero-order valence-electron chi connectivity index (χ0n) is 11.6. The Morgan fingerprint density at radius 1 is 1.56 bits per heavy atom. The normalized spacial score (nSPS) is 32.7. The zero-order chi connectivity index (χ0) is 13.2. The average Bonchev–Trinajstić information content (AvgIpc) is 2.72. The van der Waals surface area contributed by atoms with Crippen LogP contribution in [0.1, 0.15) is 45.4 Å². The summed E-state index contributed by atoms with van der Waals surface area (Å²) in [7, 11) is 1.99. The molecule has 0 aromatic carbocycles. The van der Waals surface area contributed by atoms with E-state index in [1.165, 1.54) is 0 Å². The molecular formula is C14H24N2O2. The minimum atomic E-state index is -0.602. The lowest BCUT2D eigenvalue weighted by Gasteiger charge is -2.43. The first-order valence-corrected chi connectivity index (χ1v) is 6.79. The van der Waals surface area contributed by atoms with Crippen molar-refractivity contribution in [2.24, 2.45) is 7.05 Å². The van der Waals surface area contributed by atoms with Crippen LogP contribution >= 0.6 is 0 Å². The van der Waals surface area contributed by atoms with Crippen LogP contribution in [0.3, 0.4) is 0 Å². The van der Waals surface area contributed by atoms with Crippen LogP contribution in [-0.2, 0) is 18.2 Å². The Hall–Kier alpha value is -0.870. The lowest BCUT2D eigenvalue weighted by Crippen LogP contribution is -2.47. The van der Waals surface area contributed by atoms with Gasteiger partial charge in [0.2, 0.25) is 0 Å². The minimum absolute atomic E-state index is 0.172. The molecule has 1 aromatic rings. The maximum Gasteiger partial charge on any atom is 0.108 e. The molecule has 18 heavy (non-hydrogen) atoms. The monoisotopic (exact) mass is 252 g/mol. The highest BCUT2D eigenvalue weighted by atomic mass is 16.5. The van der Waals surface area contributed by atoms with E-state index in [9.17, 15) is 5.11 Å². The number of hydrogen-bond acceptors (Lipinski definition) is 3. The molecule has 2 unspecified atom stereocenters. The smallest absolute Gasteiger partial charge is 0.108 e. The number of aromatic nitrogens is 2. The van der Waals surface area contributed by atoms with Crippen LogP contribution in [0.15, 0.2) is 12.4 Å². The number of aliphatic hydroxyl groups is 1. The van der Waals surface area contributed by atoms with Crippen LogP contribution in [-0.4, -0.2) is 32.5 Å². The van der Waals surface area contributed by atoms with Gasteiger partial charge in [-0.3, -0.25) is 0 Å². The van der Waals surface area contributed by atoms with Crippen molar-refractivity contribution in [2.45, 2.75) is 57.2 Å². The molecule has 2 rings (SSSR count). The van der Waals surface area contributed by atoms with Gasteiger partial charge in [0.15, 0.2) is 0 Å². The van der Waals surface area contributed by atoms with Crippen molar-refractivity contribution in [1.29, 1.82) is 0 Å². The van der Waals surface area contributed by atoms with E-state index < -0.39 is 5.60 Å². The first-order chi connectivity index (χ1) is 8.46. The summed E-state index contributed by atoms with van der Waals surface area (Å²) in [5, 5.41) is 10.7. The topological polar surface area (TPSA) is 47.3 Å². The Kier molecular flexibility index (Phi) is 3.78. The van der Waals surface area contributed by atoms with E-state index in [0.717, 1.165) is 37.9 Å². The van der Waals surface area contributed by atoms with Crippen molar-refractivity contribution in [3.63, 3.8) is 0 Å². The first kappa shape index (κ1) is 13.6. The second-order valence-corrected chi connectivity index (χ2v) is 5.76. The minimum Gasteiger partial charge on any atom is -0.390 e. The van der Waals surface area contributed by atoms with Gasteiger partial charge in [-0.25, -0.2) is 4.98 Å². The quantitative estimate of drug-likeness (QED) is 0.892. The fourth-order valence-corrected chi connectivity index (χ4v) is 2.75. The molecule has 0 saturated carbocycles. The highest BCUT2D eigenvalue weighted by molar-refractivity contribution is 4.97. The summed E-state index contributed by atoms with van der Waals surface area (Å²) >= 11 is 0. The second kappa shape index (κ2) is 5.02. The van der Waals surface area contributed by atoms with Gasteiger partial charge >= 0.3 is 0 Å². The Morgan fingerprint density at radius 3 is 2.94 bits per heavy atom. The molecule has 4 heteroatoms. The van der Waals surface area contributed by atoms with Crippen LogP contribution in [0.5, 0.6) is 0 Å². The predicted molar refractivity (Wildman–Crippen MR) is 70.4 cm³/mol. The molecule has 0 amide bonds. The molecular weight excluding hydrogens is 228 g/mol. The SMILES string of the molecule is CCC1(C)CC(O)(CCc2nccn2C)CCO1. The van der Waals surface area contributed by atoms with Gasteiger partial charge in [-0.15, -0.1) is 0 Å². The van der Waals surface area contributed by atoms with Crippen molar-refractivity contribution >= 4 is 0 Å². The summed E-state index contributed by atoms with van der Waals surface area (Å²) in [6.07, 6.45) is 7.72. The molecule has 1 N–H and O–H groups in total. The number of hydrogen-bond donors (Lipinski definition) is 1. The van der Waals surface area contributed by atoms with Crippen molar-refractivity contribution in [1.82, 2.24) is 9.55 Å². The van der Waals surface area contributed by atoms with E-state index in [0.29, 0.717) is 6.61 Å². The van der Waals surface area contributed by atoms with Gasteiger partial charge in [0, 0.05) is 32.3 Å². The van der Waals surface area contributed by atoms with E-state index in [4.69, 9.17) is 4.74 Å². The molecule has 2 atom stereocenters. The van der Waals surface area contributed by atoms with Gasteiger partial charge in [0.05, 0.1) is 17.8 Å². The Labute approximate surface area is 109 Å². The van der Waals surface area contributed by atoms with E-state index in [2.05, 4.69) is 18.8 Å². The van der Waals surface area contributed by atoms with E-state index >= 15 is 0 Å². The Balaban J connectivity index is 1.97.